The third-order valence-electron chi connectivity index (χ3n) is 1.83. The number of amides is 1. The highest BCUT2D eigenvalue weighted by molar-refractivity contribution is 5.76. The molecule has 2 unspecified atom stereocenters. The molecule has 0 saturated carbocycles. The van der Waals surface area contributed by atoms with Gasteiger partial charge in [-0.2, -0.15) is 0 Å². The van der Waals surface area contributed by atoms with Crippen molar-refractivity contribution < 1.29 is 14.7 Å². The van der Waals surface area contributed by atoms with Crippen LogP contribution in [0.5, 0.6) is 0 Å². The van der Waals surface area contributed by atoms with E-state index < -0.39 is 12.0 Å². The van der Waals surface area contributed by atoms with Gasteiger partial charge in [-0.25, -0.2) is 4.79 Å². The normalized spacial score (nSPS) is 14.8. The molecule has 0 aliphatic rings. The van der Waals surface area contributed by atoms with E-state index in [4.69, 9.17) is 5.11 Å². The zero-order valence-corrected chi connectivity index (χ0v) is 7.41. The summed E-state index contributed by atoms with van der Waals surface area (Å²) < 4.78 is 0. The molecule has 2 N–H and O–H groups in total. The number of carbonyl (C=O) groups excluding carboxylic acids is 1. The number of aliphatic carboxylic acids is 1. The first-order valence-corrected chi connectivity index (χ1v) is 4.06. The number of carboxylic acids is 1. The van der Waals surface area contributed by atoms with Gasteiger partial charge < -0.3 is 10.4 Å². The number of carbonyl (C=O) groups is 2. The molecule has 0 aromatic heterocycles. The lowest BCUT2D eigenvalue weighted by Crippen LogP contribution is -2.41. The Kier molecular flexibility index (Phi) is 5.08. The summed E-state index contributed by atoms with van der Waals surface area (Å²) in [6.07, 6.45) is 2.16. The van der Waals surface area contributed by atoms with Crippen molar-refractivity contribution >= 4 is 12.4 Å². The van der Waals surface area contributed by atoms with E-state index in [1.807, 2.05) is 13.8 Å². The third-order valence-corrected chi connectivity index (χ3v) is 1.83. The smallest absolute Gasteiger partial charge is 0.326 e. The molecule has 4 heteroatoms. The van der Waals surface area contributed by atoms with Crippen molar-refractivity contribution in [3.05, 3.63) is 0 Å². The molecule has 0 saturated heterocycles. The first-order valence-electron chi connectivity index (χ1n) is 4.06. The molecule has 4 nitrogen and oxygen atoms in total. The molecule has 70 valence electrons. The lowest BCUT2D eigenvalue weighted by Gasteiger charge is -2.18. The lowest BCUT2D eigenvalue weighted by molar-refractivity contribution is -0.142. The van der Waals surface area contributed by atoms with Crippen LogP contribution in [0.2, 0.25) is 0 Å². The van der Waals surface area contributed by atoms with E-state index in [2.05, 4.69) is 5.32 Å². The quantitative estimate of drug-likeness (QED) is 0.579. The number of hydrogen-bond donors (Lipinski definition) is 2. The maximum Gasteiger partial charge on any atom is 0.326 e. The number of hydrogen-bond acceptors (Lipinski definition) is 2. The predicted molar refractivity (Wildman–Crippen MR) is 44.7 cm³/mol. The van der Waals surface area contributed by atoms with Gasteiger partial charge in [-0.3, -0.25) is 4.79 Å². The Bertz CT molecular complexity index is 158. The van der Waals surface area contributed by atoms with Gasteiger partial charge in [-0.05, 0) is 12.3 Å². The molecule has 0 heterocycles. The van der Waals surface area contributed by atoms with Gasteiger partial charge >= 0.3 is 5.97 Å². The molecule has 0 aromatic carbocycles. The zero-order valence-electron chi connectivity index (χ0n) is 7.41. The van der Waals surface area contributed by atoms with Crippen molar-refractivity contribution in [1.82, 2.24) is 5.32 Å². The average molecular weight is 173 g/mol. The third kappa shape index (κ3) is 3.37. The molecule has 1 amide bonds. The van der Waals surface area contributed by atoms with Crippen molar-refractivity contribution in [2.75, 3.05) is 0 Å². The van der Waals surface area contributed by atoms with Crippen LogP contribution < -0.4 is 5.32 Å². The van der Waals surface area contributed by atoms with Crippen molar-refractivity contribution in [2.24, 2.45) is 5.92 Å². The van der Waals surface area contributed by atoms with Gasteiger partial charge in [0.1, 0.15) is 6.04 Å². The van der Waals surface area contributed by atoms with Crippen LogP contribution in [-0.4, -0.2) is 23.5 Å². The van der Waals surface area contributed by atoms with Gasteiger partial charge in [0.2, 0.25) is 6.41 Å². The second-order valence-corrected chi connectivity index (χ2v) is 2.87. The van der Waals surface area contributed by atoms with Crippen molar-refractivity contribution in [3.63, 3.8) is 0 Å². The van der Waals surface area contributed by atoms with E-state index in [1.165, 1.54) is 0 Å². The molecule has 12 heavy (non-hydrogen) atoms. The standard InChI is InChI=1S/C8H15NO3/c1-3-4-6(2)7(8(11)12)9-5-10/h5-7H,3-4H2,1-2H3,(H,9,10)(H,11,12). The Morgan fingerprint density at radius 1 is 1.67 bits per heavy atom. The van der Waals surface area contributed by atoms with Gasteiger partial charge in [-0.15, -0.1) is 0 Å². The van der Waals surface area contributed by atoms with Gasteiger partial charge in [0.25, 0.3) is 0 Å². The van der Waals surface area contributed by atoms with E-state index in [9.17, 15) is 9.59 Å². The molecule has 0 rings (SSSR count). The first kappa shape index (κ1) is 10.9. The number of rotatable bonds is 6. The monoisotopic (exact) mass is 173 g/mol. The lowest BCUT2D eigenvalue weighted by atomic mass is 9.97. The maximum atomic E-state index is 10.6. The molecular weight excluding hydrogens is 158 g/mol. The Morgan fingerprint density at radius 3 is 2.58 bits per heavy atom. The summed E-state index contributed by atoms with van der Waals surface area (Å²) in [5.41, 5.74) is 0. The summed E-state index contributed by atoms with van der Waals surface area (Å²) in [5.74, 6) is -0.985. The minimum absolute atomic E-state index is 0.0160. The second kappa shape index (κ2) is 5.57. The van der Waals surface area contributed by atoms with Crippen LogP contribution in [0.25, 0.3) is 0 Å². The van der Waals surface area contributed by atoms with Crippen LogP contribution in [0.1, 0.15) is 26.7 Å². The van der Waals surface area contributed by atoms with Crippen LogP contribution in [0.4, 0.5) is 0 Å². The largest absolute Gasteiger partial charge is 0.480 e. The molecule has 0 fully saturated rings. The fraction of sp³-hybridized carbons (Fsp3) is 0.750. The number of carboxylic acid groups (broad SMARTS) is 1. The molecular formula is C8H15NO3. The van der Waals surface area contributed by atoms with Crippen molar-refractivity contribution in [2.45, 2.75) is 32.7 Å². The van der Waals surface area contributed by atoms with E-state index in [-0.39, 0.29) is 5.92 Å². The molecule has 0 aliphatic carbocycles. The fourth-order valence-electron chi connectivity index (χ4n) is 1.17. The Labute approximate surface area is 72.0 Å². The highest BCUT2D eigenvalue weighted by atomic mass is 16.4. The Balaban J connectivity index is 4.08. The minimum atomic E-state index is -0.969. The summed E-state index contributed by atoms with van der Waals surface area (Å²) in [6, 6.07) is -0.748. The summed E-state index contributed by atoms with van der Waals surface area (Å²) >= 11 is 0. The summed E-state index contributed by atoms with van der Waals surface area (Å²) in [7, 11) is 0. The van der Waals surface area contributed by atoms with E-state index in [1.54, 1.807) is 0 Å². The second-order valence-electron chi connectivity index (χ2n) is 2.87. The highest BCUT2D eigenvalue weighted by Crippen LogP contribution is 2.10. The van der Waals surface area contributed by atoms with Crippen LogP contribution in [-0.2, 0) is 9.59 Å². The van der Waals surface area contributed by atoms with Gasteiger partial charge in [0.15, 0.2) is 0 Å². The summed E-state index contributed by atoms with van der Waals surface area (Å²) in [5, 5.41) is 11.0. The van der Waals surface area contributed by atoms with Gasteiger partial charge in [0, 0.05) is 0 Å². The molecule has 0 radical (unpaired) electrons. The van der Waals surface area contributed by atoms with E-state index >= 15 is 0 Å². The van der Waals surface area contributed by atoms with Gasteiger partial charge in [0.05, 0.1) is 0 Å². The Hall–Kier alpha value is -1.06. The van der Waals surface area contributed by atoms with Crippen LogP contribution in [0.3, 0.4) is 0 Å². The van der Waals surface area contributed by atoms with E-state index in [0.29, 0.717) is 6.41 Å². The van der Waals surface area contributed by atoms with Gasteiger partial charge in [-0.1, -0.05) is 20.3 Å². The average Bonchev–Trinajstić information content (AvgIpc) is 1.99. The van der Waals surface area contributed by atoms with E-state index in [0.717, 1.165) is 12.8 Å². The van der Waals surface area contributed by atoms with Crippen LogP contribution in [0, 0.1) is 5.92 Å². The minimum Gasteiger partial charge on any atom is -0.480 e. The summed E-state index contributed by atoms with van der Waals surface area (Å²) in [4.78, 5) is 20.6. The molecule has 0 spiro atoms. The molecule has 0 aliphatic heterocycles. The van der Waals surface area contributed by atoms with Crippen molar-refractivity contribution in [3.8, 4) is 0 Å². The fourth-order valence-corrected chi connectivity index (χ4v) is 1.17. The van der Waals surface area contributed by atoms with Crippen LogP contribution >= 0.6 is 0 Å². The zero-order chi connectivity index (χ0) is 9.56. The predicted octanol–water partition coefficient (Wildman–Crippen LogP) is 0.622. The topological polar surface area (TPSA) is 66.4 Å². The highest BCUT2D eigenvalue weighted by Gasteiger charge is 2.22. The first-order chi connectivity index (χ1) is 5.63. The SMILES string of the molecule is CCCC(C)C(NC=O)C(=O)O. The van der Waals surface area contributed by atoms with Crippen LogP contribution in [0.15, 0.2) is 0 Å². The summed E-state index contributed by atoms with van der Waals surface area (Å²) in [6.45, 7) is 3.80. The molecule has 2 atom stereocenters. The van der Waals surface area contributed by atoms with Crippen molar-refractivity contribution in [1.29, 1.82) is 0 Å². The maximum absolute atomic E-state index is 10.6. The Morgan fingerprint density at radius 2 is 2.25 bits per heavy atom. The molecule has 0 bridgehead atoms. The molecule has 0 aromatic rings. The number of nitrogens with one attached hydrogen (secondary N) is 1.